The number of amides is 1. The summed E-state index contributed by atoms with van der Waals surface area (Å²) in [7, 11) is 0. The van der Waals surface area contributed by atoms with Gasteiger partial charge in [0.1, 0.15) is 73.2 Å². The highest BCUT2D eigenvalue weighted by Crippen LogP contribution is 2.31. The average molecular weight is 545 g/mol. The number of carbonyl (C=O) groups is 1. The van der Waals surface area contributed by atoms with E-state index in [1.165, 1.54) is 0 Å². The first-order valence-electron chi connectivity index (χ1n) is 11.6. The highest BCUT2D eigenvalue weighted by Gasteiger charge is 2.53. The molecule has 0 bridgehead atoms. The fraction of sp³-hybridized carbons (Fsp3) is 0.950. The standard InChI is InChI=1S/C20H35NO16/c1-5(25)21-9-12(28)10(26)6(2-22)33-18(9)36-17-8(4-24)35-20(16(32)14(17)30)37-19-15(31)13(29)11(27)7(3-23)34-19/h6-20,22-24,26-32H,2-4H2,1H3,(H,21,25)/t6-,7-,8-,9-,10+,11-,12-,13+,14-,15-,16-,17+,18-,19+,20+/m1/s1. The average Bonchev–Trinajstić information content (AvgIpc) is 2.87. The van der Waals surface area contributed by atoms with Crippen LogP contribution in [0, 0.1) is 0 Å². The molecular formula is C20H35NO16. The second kappa shape index (κ2) is 12.8. The lowest BCUT2D eigenvalue weighted by molar-refractivity contribution is -0.388. The second-order valence-electron chi connectivity index (χ2n) is 9.07. The van der Waals surface area contributed by atoms with Gasteiger partial charge in [-0.2, -0.15) is 0 Å². The van der Waals surface area contributed by atoms with Gasteiger partial charge in [0.05, 0.1) is 19.8 Å². The SMILES string of the molecule is CC(=O)N[C@H]1[C@@H](O[C@@H]2[C@H](O)[C@@H](O)[C@H](O[C@@H]3O[C@H](CO)[C@@H](O)[C@H](O)[C@H]3O)O[C@@H]2CO)O[C@H](CO)[C@H](O)[C@@H]1O. The van der Waals surface area contributed by atoms with Gasteiger partial charge in [-0.1, -0.05) is 0 Å². The Kier molecular flexibility index (Phi) is 10.5. The molecule has 0 aromatic rings. The lowest BCUT2D eigenvalue weighted by Crippen LogP contribution is -2.68. The van der Waals surface area contributed by atoms with Crippen LogP contribution < -0.4 is 5.32 Å². The number of aliphatic hydroxyl groups is 10. The molecule has 0 saturated carbocycles. The number of aliphatic hydroxyl groups excluding tert-OH is 10. The van der Waals surface area contributed by atoms with E-state index >= 15 is 0 Å². The van der Waals surface area contributed by atoms with Crippen molar-refractivity contribution in [2.24, 2.45) is 0 Å². The fourth-order valence-corrected chi connectivity index (χ4v) is 4.39. The number of carbonyl (C=O) groups excluding carboxylic acids is 1. The van der Waals surface area contributed by atoms with Crippen LogP contribution in [-0.2, 0) is 28.5 Å². The Bertz CT molecular complexity index is 743. The van der Waals surface area contributed by atoms with E-state index in [1.807, 2.05) is 0 Å². The molecule has 17 heteroatoms. The van der Waals surface area contributed by atoms with E-state index in [4.69, 9.17) is 23.7 Å². The van der Waals surface area contributed by atoms with Crippen molar-refractivity contribution in [3.05, 3.63) is 0 Å². The summed E-state index contributed by atoms with van der Waals surface area (Å²) >= 11 is 0. The molecule has 216 valence electrons. The van der Waals surface area contributed by atoms with E-state index in [-0.39, 0.29) is 0 Å². The predicted octanol–water partition coefficient (Wildman–Crippen LogP) is -7.43. The largest absolute Gasteiger partial charge is 0.394 e. The van der Waals surface area contributed by atoms with Gasteiger partial charge in [-0.05, 0) is 0 Å². The van der Waals surface area contributed by atoms with Gasteiger partial charge in [0.15, 0.2) is 18.9 Å². The Balaban J connectivity index is 1.75. The van der Waals surface area contributed by atoms with Gasteiger partial charge in [-0.25, -0.2) is 0 Å². The molecule has 0 unspecified atom stereocenters. The minimum atomic E-state index is -1.92. The quantitative estimate of drug-likeness (QED) is 0.135. The van der Waals surface area contributed by atoms with Gasteiger partial charge in [-0.15, -0.1) is 0 Å². The third-order valence-electron chi connectivity index (χ3n) is 6.48. The van der Waals surface area contributed by atoms with E-state index in [0.717, 1.165) is 6.92 Å². The van der Waals surface area contributed by atoms with Crippen molar-refractivity contribution in [1.29, 1.82) is 0 Å². The van der Waals surface area contributed by atoms with Crippen molar-refractivity contribution in [2.45, 2.75) is 99.0 Å². The third kappa shape index (κ3) is 6.38. The molecule has 0 spiro atoms. The maximum absolute atomic E-state index is 11.6. The van der Waals surface area contributed by atoms with E-state index in [9.17, 15) is 55.9 Å². The molecule has 0 aliphatic carbocycles. The zero-order valence-corrected chi connectivity index (χ0v) is 19.7. The molecule has 0 radical (unpaired) electrons. The Morgan fingerprint density at radius 2 is 1.08 bits per heavy atom. The maximum Gasteiger partial charge on any atom is 0.217 e. The van der Waals surface area contributed by atoms with Crippen LogP contribution in [-0.4, -0.2) is 169 Å². The molecule has 11 N–H and O–H groups in total. The lowest BCUT2D eigenvalue weighted by Gasteiger charge is -2.48. The summed E-state index contributed by atoms with van der Waals surface area (Å²) in [5.41, 5.74) is 0. The van der Waals surface area contributed by atoms with E-state index in [1.54, 1.807) is 0 Å². The van der Waals surface area contributed by atoms with Gasteiger partial charge in [-0.3, -0.25) is 4.79 Å². The molecule has 3 fully saturated rings. The fourth-order valence-electron chi connectivity index (χ4n) is 4.39. The third-order valence-corrected chi connectivity index (χ3v) is 6.48. The number of hydrogen-bond donors (Lipinski definition) is 11. The van der Waals surface area contributed by atoms with Crippen molar-refractivity contribution >= 4 is 5.91 Å². The monoisotopic (exact) mass is 545 g/mol. The van der Waals surface area contributed by atoms with Crippen LogP contribution in [0.4, 0.5) is 0 Å². The van der Waals surface area contributed by atoms with Crippen molar-refractivity contribution in [3.63, 3.8) is 0 Å². The van der Waals surface area contributed by atoms with Crippen LogP contribution >= 0.6 is 0 Å². The summed E-state index contributed by atoms with van der Waals surface area (Å²) in [6.45, 7) is -1.19. The molecule has 37 heavy (non-hydrogen) atoms. The van der Waals surface area contributed by atoms with Crippen molar-refractivity contribution in [1.82, 2.24) is 5.32 Å². The Hall–Kier alpha value is -1.13. The summed E-state index contributed by atoms with van der Waals surface area (Å²) in [5.74, 6) is -0.636. The molecule has 0 aromatic carbocycles. The molecule has 3 aliphatic heterocycles. The smallest absolute Gasteiger partial charge is 0.217 e. The normalized spacial score (nSPS) is 49.0. The van der Waals surface area contributed by atoms with E-state index in [2.05, 4.69) is 5.32 Å². The summed E-state index contributed by atoms with van der Waals surface area (Å²) < 4.78 is 27.1. The van der Waals surface area contributed by atoms with Crippen LogP contribution in [0.3, 0.4) is 0 Å². The molecule has 3 heterocycles. The molecule has 17 nitrogen and oxygen atoms in total. The highest BCUT2D eigenvalue weighted by atomic mass is 16.8. The minimum absolute atomic E-state index is 0.636. The Morgan fingerprint density at radius 3 is 1.59 bits per heavy atom. The molecule has 0 aromatic heterocycles. The zero-order valence-electron chi connectivity index (χ0n) is 19.7. The first-order chi connectivity index (χ1) is 17.4. The zero-order chi connectivity index (χ0) is 27.6. The van der Waals surface area contributed by atoms with E-state index in [0.29, 0.717) is 0 Å². The van der Waals surface area contributed by atoms with Crippen molar-refractivity contribution < 1.29 is 79.5 Å². The second-order valence-corrected chi connectivity index (χ2v) is 9.07. The molecule has 3 aliphatic rings. The molecule has 15 atom stereocenters. The van der Waals surface area contributed by atoms with Crippen LogP contribution in [0.15, 0.2) is 0 Å². The number of rotatable bonds is 8. The molecular weight excluding hydrogens is 510 g/mol. The number of ether oxygens (including phenoxy) is 5. The molecule has 3 rings (SSSR count). The topological polar surface area (TPSA) is 278 Å². The lowest BCUT2D eigenvalue weighted by atomic mass is 9.95. The van der Waals surface area contributed by atoms with Crippen LogP contribution in [0.2, 0.25) is 0 Å². The molecule has 1 amide bonds. The Labute approximate surface area is 210 Å². The van der Waals surface area contributed by atoms with Gasteiger partial charge in [0, 0.05) is 6.92 Å². The highest BCUT2D eigenvalue weighted by molar-refractivity contribution is 5.73. The van der Waals surface area contributed by atoms with Gasteiger partial charge in [0.2, 0.25) is 5.91 Å². The van der Waals surface area contributed by atoms with Crippen LogP contribution in [0.1, 0.15) is 6.92 Å². The number of hydrogen-bond acceptors (Lipinski definition) is 16. The first-order valence-corrected chi connectivity index (χ1v) is 11.6. The van der Waals surface area contributed by atoms with Crippen molar-refractivity contribution in [3.8, 4) is 0 Å². The summed E-state index contributed by atoms with van der Waals surface area (Å²) in [5, 5.41) is 103. The molecule has 3 saturated heterocycles. The summed E-state index contributed by atoms with van der Waals surface area (Å²) in [4.78, 5) is 11.6. The minimum Gasteiger partial charge on any atom is -0.394 e. The maximum atomic E-state index is 11.6. The van der Waals surface area contributed by atoms with Gasteiger partial charge in [0.25, 0.3) is 0 Å². The summed E-state index contributed by atoms with van der Waals surface area (Å²) in [6.07, 6.45) is -23.1. The summed E-state index contributed by atoms with van der Waals surface area (Å²) in [6, 6.07) is -1.39. The Morgan fingerprint density at radius 1 is 0.622 bits per heavy atom. The first kappa shape index (κ1) is 30.4. The van der Waals surface area contributed by atoms with E-state index < -0.39 is 118 Å². The predicted molar refractivity (Wildman–Crippen MR) is 113 cm³/mol. The van der Waals surface area contributed by atoms with Crippen molar-refractivity contribution in [2.75, 3.05) is 19.8 Å². The van der Waals surface area contributed by atoms with Gasteiger partial charge >= 0.3 is 0 Å². The van der Waals surface area contributed by atoms with Crippen LogP contribution in [0.5, 0.6) is 0 Å². The van der Waals surface area contributed by atoms with Gasteiger partial charge < -0.3 is 80.1 Å². The number of nitrogens with one attached hydrogen (secondary N) is 1. The van der Waals surface area contributed by atoms with Crippen LogP contribution in [0.25, 0.3) is 0 Å².